The highest BCUT2D eigenvalue weighted by Gasteiger charge is 2.19. The number of aryl methyl sites for hydroxylation is 1. The number of rotatable bonds is 6. The maximum absolute atomic E-state index is 13.3. The van der Waals surface area contributed by atoms with Gasteiger partial charge in [-0.3, -0.25) is 4.79 Å². The molecule has 1 amide bonds. The van der Waals surface area contributed by atoms with Crippen molar-refractivity contribution in [2.75, 3.05) is 13.6 Å². The predicted octanol–water partition coefficient (Wildman–Crippen LogP) is 2.47. The molecule has 0 N–H and O–H groups in total. The summed E-state index contributed by atoms with van der Waals surface area (Å²) in [4.78, 5) is 24.0. The number of benzene rings is 1. The first-order valence-electron chi connectivity index (χ1n) is 9.19. The number of carbonyl (C=O) groups is 1. The van der Waals surface area contributed by atoms with Crippen molar-refractivity contribution in [2.45, 2.75) is 13.3 Å². The van der Waals surface area contributed by atoms with Crippen LogP contribution in [-0.4, -0.2) is 54.5 Å². The number of nitrogens with zero attached hydrogens (tertiary/aromatic N) is 7. The first kappa shape index (κ1) is 19.4. The maximum Gasteiger partial charge on any atom is 0.276 e. The van der Waals surface area contributed by atoms with E-state index in [4.69, 9.17) is 4.52 Å². The van der Waals surface area contributed by atoms with E-state index in [2.05, 4.69) is 25.3 Å². The molecule has 10 heteroatoms. The van der Waals surface area contributed by atoms with E-state index in [0.29, 0.717) is 30.0 Å². The molecular weight excluding hydrogens is 389 g/mol. The van der Waals surface area contributed by atoms with Crippen molar-refractivity contribution < 1.29 is 13.7 Å². The highest BCUT2D eigenvalue weighted by molar-refractivity contribution is 5.97. The molecule has 0 radical (unpaired) electrons. The van der Waals surface area contributed by atoms with Gasteiger partial charge in [-0.15, -0.1) is 0 Å². The molecule has 9 nitrogen and oxygen atoms in total. The summed E-state index contributed by atoms with van der Waals surface area (Å²) < 4.78 is 18.4. The Labute approximate surface area is 171 Å². The van der Waals surface area contributed by atoms with E-state index in [-0.39, 0.29) is 17.5 Å². The zero-order valence-electron chi connectivity index (χ0n) is 16.4. The number of likely N-dealkylation sites (N-methyl/N-ethyl adjacent to an activating group) is 1. The Morgan fingerprint density at radius 3 is 2.73 bits per heavy atom. The van der Waals surface area contributed by atoms with Crippen LogP contribution in [0.4, 0.5) is 4.39 Å². The van der Waals surface area contributed by atoms with Crippen molar-refractivity contribution in [3.05, 3.63) is 71.7 Å². The van der Waals surface area contributed by atoms with Gasteiger partial charge in [-0.2, -0.15) is 24.4 Å². The molecule has 3 aromatic heterocycles. The van der Waals surface area contributed by atoms with E-state index >= 15 is 0 Å². The molecule has 0 aliphatic rings. The van der Waals surface area contributed by atoms with Crippen LogP contribution in [0.15, 0.2) is 53.3 Å². The summed E-state index contributed by atoms with van der Waals surface area (Å²) in [6.45, 7) is 2.27. The highest BCUT2D eigenvalue weighted by Crippen LogP contribution is 2.18. The van der Waals surface area contributed by atoms with Crippen LogP contribution < -0.4 is 0 Å². The number of pyridine rings is 1. The summed E-state index contributed by atoms with van der Waals surface area (Å²) in [5.74, 6) is -0.280. The van der Waals surface area contributed by atoms with Gasteiger partial charge in [-0.25, -0.2) is 4.98 Å². The second kappa shape index (κ2) is 8.19. The summed E-state index contributed by atoms with van der Waals surface area (Å²) in [5.41, 5.74) is 2.30. The van der Waals surface area contributed by atoms with Crippen LogP contribution in [0.25, 0.3) is 17.3 Å². The highest BCUT2D eigenvalue weighted by atomic mass is 19.1. The van der Waals surface area contributed by atoms with E-state index in [1.54, 1.807) is 36.5 Å². The van der Waals surface area contributed by atoms with Gasteiger partial charge in [-0.05, 0) is 31.2 Å². The van der Waals surface area contributed by atoms with E-state index in [1.807, 2.05) is 19.1 Å². The number of hydrogen-bond donors (Lipinski definition) is 0. The average molecular weight is 407 g/mol. The summed E-state index contributed by atoms with van der Waals surface area (Å²) in [6.07, 6.45) is 3.47. The lowest BCUT2D eigenvalue weighted by Gasteiger charge is -2.18. The zero-order chi connectivity index (χ0) is 21.1. The predicted molar refractivity (Wildman–Crippen MR) is 104 cm³/mol. The standard InChI is InChI=1S/C20H18FN7O2/c1-13-6-7-16(28-22-9-10-23-28)14(12-13)20(29)27(2)11-8-18-25-19(30-26-18)15-4-3-5-17(21)24-15/h3-7,9-10,12H,8,11H2,1-2H3. The van der Waals surface area contributed by atoms with Gasteiger partial charge in [0.2, 0.25) is 5.95 Å². The molecule has 4 rings (SSSR count). The lowest BCUT2D eigenvalue weighted by atomic mass is 10.1. The second-order valence-corrected chi connectivity index (χ2v) is 6.68. The van der Waals surface area contributed by atoms with Crippen LogP contribution in [0.2, 0.25) is 0 Å². The molecule has 0 spiro atoms. The van der Waals surface area contributed by atoms with E-state index < -0.39 is 5.95 Å². The van der Waals surface area contributed by atoms with Gasteiger partial charge in [0.25, 0.3) is 11.8 Å². The lowest BCUT2D eigenvalue weighted by Crippen LogP contribution is -2.30. The Balaban J connectivity index is 1.47. The Hall–Kier alpha value is -3.95. The van der Waals surface area contributed by atoms with Crippen LogP contribution in [-0.2, 0) is 6.42 Å². The average Bonchev–Trinajstić information content (AvgIpc) is 3.43. The molecule has 0 bridgehead atoms. The lowest BCUT2D eigenvalue weighted by molar-refractivity contribution is 0.0795. The molecule has 0 atom stereocenters. The summed E-state index contributed by atoms with van der Waals surface area (Å²) in [7, 11) is 1.69. The van der Waals surface area contributed by atoms with E-state index in [1.165, 1.54) is 16.9 Å². The van der Waals surface area contributed by atoms with Gasteiger partial charge in [0.1, 0.15) is 5.69 Å². The van der Waals surface area contributed by atoms with Crippen LogP contribution in [0.5, 0.6) is 0 Å². The first-order valence-corrected chi connectivity index (χ1v) is 9.19. The van der Waals surface area contributed by atoms with Crippen LogP contribution in [0.3, 0.4) is 0 Å². The number of aromatic nitrogens is 6. The minimum atomic E-state index is -0.627. The third-order valence-electron chi connectivity index (χ3n) is 4.44. The van der Waals surface area contributed by atoms with Gasteiger partial charge < -0.3 is 9.42 Å². The molecule has 4 aromatic rings. The van der Waals surface area contributed by atoms with Gasteiger partial charge in [-0.1, -0.05) is 22.9 Å². The fourth-order valence-corrected chi connectivity index (χ4v) is 2.90. The van der Waals surface area contributed by atoms with E-state index in [9.17, 15) is 9.18 Å². The normalized spacial score (nSPS) is 10.9. The largest absolute Gasteiger partial charge is 0.341 e. The van der Waals surface area contributed by atoms with Gasteiger partial charge in [0, 0.05) is 20.0 Å². The van der Waals surface area contributed by atoms with E-state index in [0.717, 1.165) is 5.56 Å². The summed E-state index contributed by atoms with van der Waals surface area (Å²) in [6, 6.07) is 9.85. The molecule has 0 saturated carbocycles. The summed E-state index contributed by atoms with van der Waals surface area (Å²) in [5, 5.41) is 12.1. The molecular formula is C20H18FN7O2. The van der Waals surface area contributed by atoms with Crippen molar-refractivity contribution in [3.63, 3.8) is 0 Å². The smallest absolute Gasteiger partial charge is 0.276 e. The van der Waals surface area contributed by atoms with Crippen molar-refractivity contribution in [2.24, 2.45) is 0 Å². The van der Waals surface area contributed by atoms with Crippen molar-refractivity contribution in [1.29, 1.82) is 0 Å². The minimum Gasteiger partial charge on any atom is -0.341 e. The van der Waals surface area contributed by atoms with Crippen molar-refractivity contribution >= 4 is 5.91 Å². The van der Waals surface area contributed by atoms with Crippen LogP contribution >= 0.6 is 0 Å². The van der Waals surface area contributed by atoms with Crippen molar-refractivity contribution in [3.8, 4) is 17.3 Å². The maximum atomic E-state index is 13.3. The van der Waals surface area contributed by atoms with Gasteiger partial charge in [0.05, 0.1) is 23.6 Å². The quantitative estimate of drug-likeness (QED) is 0.452. The second-order valence-electron chi connectivity index (χ2n) is 6.68. The number of carbonyl (C=O) groups excluding carboxylic acids is 1. The minimum absolute atomic E-state index is 0.129. The van der Waals surface area contributed by atoms with Crippen LogP contribution in [0.1, 0.15) is 21.7 Å². The molecule has 0 saturated heterocycles. The fraction of sp³-hybridized carbons (Fsp3) is 0.200. The molecule has 30 heavy (non-hydrogen) atoms. The zero-order valence-corrected chi connectivity index (χ0v) is 16.4. The third-order valence-corrected chi connectivity index (χ3v) is 4.44. The SMILES string of the molecule is Cc1ccc(-n2nccn2)c(C(=O)N(C)CCc2noc(-c3cccc(F)n3)n2)c1. The fourth-order valence-electron chi connectivity index (χ4n) is 2.90. The van der Waals surface area contributed by atoms with Crippen LogP contribution in [0, 0.1) is 12.9 Å². The Morgan fingerprint density at radius 2 is 1.97 bits per heavy atom. The van der Waals surface area contributed by atoms with Gasteiger partial charge in [0.15, 0.2) is 5.82 Å². The molecule has 0 fully saturated rings. The monoisotopic (exact) mass is 407 g/mol. The number of hydrogen-bond acceptors (Lipinski definition) is 7. The first-order chi connectivity index (χ1) is 14.5. The number of amides is 1. The Kier molecular flexibility index (Phi) is 5.29. The molecule has 0 aliphatic carbocycles. The third kappa shape index (κ3) is 4.07. The number of halogens is 1. The van der Waals surface area contributed by atoms with Gasteiger partial charge >= 0.3 is 0 Å². The molecule has 0 unspecified atom stereocenters. The molecule has 1 aromatic carbocycles. The molecule has 152 valence electrons. The Morgan fingerprint density at radius 1 is 1.17 bits per heavy atom. The summed E-state index contributed by atoms with van der Waals surface area (Å²) >= 11 is 0. The molecule has 3 heterocycles. The topological polar surface area (TPSA) is 103 Å². The molecule has 0 aliphatic heterocycles. The Bertz CT molecular complexity index is 1170. The van der Waals surface area contributed by atoms with Crippen molar-refractivity contribution in [1.82, 2.24) is 35.0 Å².